The van der Waals surface area contributed by atoms with Gasteiger partial charge in [0.1, 0.15) is 0 Å². The number of rotatable bonds is 4. The highest BCUT2D eigenvalue weighted by Gasteiger charge is 2.53. The van der Waals surface area contributed by atoms with Gasteiger partial charge in [-0.15, -0.1) is 0 Å². The molecule has 1 aromatic carbocycles. The van der Waals surface area contributed by atoms with E-state index < -0.39 is 5.60 Å². The normalized spacial score (nSPS) is 32.9. The Morgan fingerprint density at radius 1 is 1.07 bits per heavy atom. The van der Waals surface area contributed by atoms with Gasteiger partial charge in [-0.3, -0.25) is 9.63 Å². The molecule has 1 saturated carbocycles. The Morgan fingerprint density at radius 3 is 2.18 bits per heavy atom. The second kappa shape index (κ2) is 7.42. The average Bonchev–Trinajstić information content (AvgIpc) is 2.61. The minimum Gasteiger partial charge on any atom is -0.296 e. The van der Waals surface area contributed by atoms with Crippen LogP contribution in [0.3, 0.4) is 0 Å². The zero-order valence-corrected chi connectivity index (χ0v) is 18.5. The second-order valence-corrected chi connectivity index (χ2v) is 10.3. The minimum atomic E-state index is -0.862. The molecule has 1 aliphatic carbocycles. The Bertz CT molecular complexity index is 720. The summed E-state index contributed by atoms with van der Waals surface area (Å²) in [6.45, 7) is 17.1. The van der Waals surface area contributed by atoms with Crippen molar-refractivity contribution in [3.05, 3.63) is 48.0 Å². The van der Waals surface area contributed by atoms with Crippen LogP contribution in [0.15, 0.2) is 42.5 Å². The van der Waals surface area contributed by atoms with Gasteiger partial charge in [0.05, 0.1) is 0 Å². The molecule has 1 heterocycles. The molecule has 0 aromatic heterocycles. The van der Waals surface area contributed by atoms with E-state index in [0.717, 1.165) is 24.8 Å². The van der Waals surface area contributed by atoms with Gasteiger partial charge in [0.25, 0.3) is 0 Å². The fourth-order valence-corrected chi connectivity index (χ4v) is 5.26. The van der Waals surface area contributed by atoms with Crippen molar-refractivity contribution in [2.45, 2.75) is 96.2 Å². The third-order valence-electron chi connectivity index (χ3n) is 7.03. The highest BCUT2D eigenvalue weighted by atomic mass is 16.7. The van der Waals surface area contributed by atoms with E-state index in [-0.39, 0.29) is 28.7 Å². The van der Waals surface area contributed by atoms with E-state index in [2.05, 4.69) is 63.6 Å². The summed E-state index contributed by atoms with van der Waals surface area (Å²) in [6.07, 6.45) is 4.75. The highest BCUT2D eigenvalue weighted by molar-refractivity contribution is 5.89. The van der Waals surface area contributed by atoms with Crippen molar-refractivity contribution in [3.8, 4) is 0 Å². The van der Waals surface area contributed by atoms with Crippen LogP contribution in [0.2, 0.25) is 0 Å². The Labute approximate surface area is 171 Å². The first kappa shape index (κ1) is 21.3. The van der Waals surface area contributed by atoms with Crippen LogP contribution < -0.4 is 0 Å². The summed E-state index contributed by atoms with van der Waals surface area (Å²) in [5.41, 5.74) is 1.21. The number of allylic oxidation sites excluding steroid dienone is 1. The van der Waals surface area contributed by atoms with Crippen molar-refractivity contribution in [2.75, 3.05) is 0 Å². The molecule has 1 saturated heterocycles. The van der Waals surface area contributed by atoms with Crippen LogP contribution in [-0.4, -0.2) is 27.5 Å². The first-order valence-corrected chi connectivity index (χ1v) is 10.7. The SMILES string of the molecule is C=C(C)[C@H]1CC(=O)C(C)(ON2C(C)(C)CCCC2(C)C)C(c2ccccc2)C1. The van der Waals surface area contributed by atoms with Crippen LogP contribution in [-0.2, 0) is 9.63 Å². The summed E-state index contributed by atoms with van der Waals surface area (Å²) < 4.78 is 0. The lowest BCUT2D eigenvalue weighted by Gasteiger charge is -2.56. The van der Waals surface area contributed by atoms with Crippen LogP contribution in [0.4, 0.5) is 0 Å². The van der Waals surface area contributed by atoms with Crippen LogP contribution in [0.1, 0.15) is 85.1 Å². The summed E-state index contributed by atoms with van der Waals surface area (Å²) in [6, 6.07) is 10.4. The van der Waals surface area contributed by atoms with E-state index in [4.69, 9.17) is 4.84 Å². The van der Waals surface area contributed by atoms with E-state index in [1.54, 1.807) is 0 Å². The van der Waals surface area contributed by atoms with E-state index in [0.29, 0.717) is 6.42 Å². The van der Waals surface area contributed by atoms with Gasteiger partial charge in [0.15, 0.2) is 11.4 Å². The molecular weight excluding hydrogens is 346 g/mol. The molecule has 0 radical (unpaired) electrons. The number of benzene rings is 1. The molecule has 2 aliphatic rings. The molecule has 154 valence electrons. The number of carbonyl (C=O) groups is 1. The van der Waals surface area contributed by atoms with Crippen LogP contribution in [0.5, 0.6) is 0 Å². The Morgan fingerprint density at radius 2 is 1.64 bits per heavy atom. The Hall–Kier alpha value is -1.45. The van der Waals surface area contributed by atoms with Gasteiger partial charge in [0, 0.05) is 23.4 Å². The van der Waals surface area contributed by atoms with Gasteiger partial charge in [-0.1, -0.05) is 42.5 Å². The van der Waals surface area contributed by atoms with Gasteiger partial charge < -0.3 is 0 Å². The quantitative estimate of drug-likeness (QED) is 0.592. The topological polar surface area (TPSA) is 29.5 Å². The van der Waals surface area contributed by atoms with E-state index in [1.807, 2.05) is 19.9 Å². The van der Waals surface area contributed by atoms with Crippen molar-refractivity contribution in [1.82, 2.24) is 5.06 Å². The van der Waals surface area contributed by atoms with Gasteiger partial charge in [0.2, 0.25) is 0 Å². The third kappa shape index (κ3) is 3.84. The second-order valence-electron chi connectivity index (χ2n) is 10.3. The zero-order chi connectivity index (χ0) is 20.7. The Balaban J connectivity index is 2.02. The predicted molar refractivity (Wildman–Crippen MR) is 115 cm³/mol. The number of piperidine rings is 1. The molecule has 2 fully saturated rings. The molecule has 1 aromatic rings. The molecule has 1 aliphatic heterocycles. The molecule has 0 N–H and O–H groups in total. The third-order valence-corrected chi connectivity index (χ3v) is 7.03. The van der Waals surface area contributed by atoms with Crippen LogP contribution in [0.25, 0.3) is 0 Å². The van der Waals surface area contributed by atoms with E-state index >= 15 is 0 Å². The minimum absolute atomic E-state index is 0.0187. The van der Waals surface area contributed by atoms with Crippen LogP contribution >= 0.6 is 0 Å². The molecule has 3 rings (SSSR count). The van der Waals surface area contributed by atoms with Gasteiger partial charge in [-0.25, -0.2) is 0 Å². The van der Waals surface area contributed by atoms with Gasteiger partial charge in [-0.2, -0.15) is 5.06 Å². The summed E-state index contributed by atoms with van der Waals surface area (Å²) in [5, 5.41) is 2.15. The maximum absolute atomic E-state index is 13.5. The number of carbonyl (C=O) groups excluding carboxylic acids is 1. The summed E-state index contributed by atoms with van der Waals surface area (Å²) >= 11 is 0. The van der Waals surface area contributed by atoms with Crippen LogP contribution in [0, 0.1) is 5.92 Å². The number of hydroxylamine groups is 2. The molecule has 28 heavy (non-hydrogen) atoms. The average molecular weight is 384 g/mol. The number of hydrogen-bond donors (Lipinski definition) is 0. The van der Waals surface area contributed by atoms with Crippen molar-refractivity contribution in [2.24, 2.45) is 5.92 Å². The fourth-order valence-electron chi connectivity index (χ4n) is 5.26. The summed E-state index contributed by atoms with van der Waals surface area (Å²) in [5.74, 6) is 0.430. The molecule has 0 bridgehead atoms. The largest absolute Gasteiger partial charge is 0.296 e. The molecule has 0 spiro atoms. The highest BCUT2D eigenvalue weighted by Crippen LogP contribution is 2.49. The summed E-state index contributed by atoms with van der Waals surface area (Å²) in [7, 11) is 0. The van der Waals surface area contributed by atoms with Gasteiger partial charge in [-0.05, 0) is 78.7 Å². The molecule has 3 heteroatoms. The molecule has 3 atom stereocenters. The number of nitrogens with zero attached hydrogens (tertiary/aromatic N) is 1. The molecule has 3 nitrogen and oxygen atoms in total. The lowest BCUT2D eigenvalue weighted by Crippen LogP contribution is -2.64. The smallest absolute Gasteiger partial charge is 0.167 e. The number of Topliss-reactive ketones (excluding diaryl/α,β-unsaturated/α-hetero) is 1. The monoisotopic (exact) mass is 383 g/mol. The lowest BCUT2D eigenvalue weighted by molar-refractivity contribution is -0.330. The first-order valence-electron chi connectivity index (χ1n) is 10.7. The van der Waals surface area contributed by atoms with Gasteiger partial charge >= 0.3 is 0 Å². The fraction of sp³-hybridized carbons (Fsp3) is 0.640. The first-order chi connectivity index (χ1) is 13.0. The van der Waals surface area contributed by atoms with Crippen molar-refractivity contribution in [1.29, 1.82) is 0 Å². The maximum Gasteiger partial charge on any atom is 0.167 e. The van der Waals surface area contributed by atoms with E-state index in [9.17, 15) is 4.79 Å². The van der Waals surface area contributed by atoms with Crippen molar-refractivity contribution >= 4 is 5.78 Å². The number of hydrogen-bond acceptors (Lipinski definition) is 3. The molecule has 2 unspecified atom stereocenters. The lowest BCUT2D eigenvalue weighted by atomic mass is 9.66. The maximum atomic E-state index is 13.5. The predicted octanol–water partition coefficient (Wildman–Crippen LogP) is 6.06. The standard InChI is InChI=1S/C25H37NO2/c1-18(2)20-16-21(19-12-9-8-10-13-19)25(7,22(27)17-20)28-26-23(3,4)14-11-15-24(26,5)6/h8-10,12-13,20-21H,1,11,14-17H2,2-7H3/t20-,21?,25?/m1/s1. The number of ketones is 1. The Kier molecular flexibility index (Phi) is 5.64. The molecule has 0 amide bonds. The molecular formula is C25H37NO2. The van der Waals surface area contributed by atoms with E-state index in [1.165, 1.54) is 12.0 Å². The summed E-state index contributed by atoms with van der Waals surface area (Å²) in [4.78, 5) is 20.3. The van der Waals surface area contributed by atoms with Crippen molar-refractivity contribution in [3.63, 3.8) is 0 Å². The zero-order valence-electron chi connectivity index (χ0n) is 18.5. The van der Waals surface area contributed by atoms with Crippen molar-refractivity contribution < 1.29 is 9.63 Å².